The van der Waals surface area contributed by atoms with Gasteiger partial charge in [0.15, 0.2) is 0 Å². The van der Waals surface area contributed by atoms with Crippen molar-refractivity contribution in [2.75, 3.05) is 23.3 Å². The van der Waals surface area contributed by atoms with Gasteiger partial charge in [0.25, 0.3) is 0 Å². The van der Waals surface area contributed by atoms with Crippen molar-refractivity contribution >= 4 is 11.8 Å². The lowest BCUT2D eigenvalue weighted by Crippen LogP contribution is -2.33. The Morgan fingerprint density at radius 1 is 1.14 bits per heavy atom. The third-order valence-corrected chi connectivity index (χ3v) is 4.04. The summed E-state index contributed by atoms with van der Waals surface area (Å²) in [6.45, 7) is 5.26. The Hall–Kier alpha value is -2.10. The molecule has 0 atom stereocenters. The second-order valence-electron chi connectivity index (χ2n) is 5.75. The quantitative estimate of drug-likeness (QED) is 0.934. The fourth-order valence-corrected chi connectivity index (χ4v) is 2.63. The lowest BCUT2D eigenvalue weighted by Gasteiger charge is -2.31. The molecular formula is C17H22N4. The van der Waals surface area contributed by atoms with Gasteiger partial charge in [0.1, 0.15) is 5.82 Å². The zero-order chi connectivity index (χ0) is 14.5. The Bertz CT molecular complexity index is 562. The average molecular weight is 282 g/mol. The highest BCUT2D eigenvalue weighted by molar-refractivity contribution is 5.43. The Morgan fingerprint density at radius 2 is 1.90 bits per heavy atom. The minimum Gasteiger partial charge on any atom is -0.356 e. The fourth-order valence-electron chi connectivity index (χ4n) is 2.63. The standard InChI is InChI=1S/C17H22N4/c1-14-8-11-21(12-9-14)16-7-10-18-17(20-16)19-13-15-5-3-2-4-6-15/h2-7,10,14H,8-9,11-13H2,1H3,(H,18,19,20). The number of hydrogen-bond acceptors (Lipinski definition) is 4. The van der Waals surface area contributed by atoms with E-state index >= 15 is 0 Å². The van der Waals surface area contributed by atoms with Crippen molar-refractivity contribution < 1.29 is 0 Å². The number of rotatable bonds is 4. The van der Waals surface area contributed by atoms with E-state index in [1.807, 2.05) is 30.5 Å². The van der Waals surface area contributed by atoms with Gasteiger partial charge in [0, 0.05) is 25.8 Å². The first-order valence-electron chi connectivity index (χ1n) is 7.67. The van der Waals surface area contributed by atoms with Crippen molar-refractivity contribution in [2.24, 2.45) is 5.92 Å². The summed E-state index contributed by atoms with van der Waals surface area (Å²) in [7, 11) is 0. The van der Waals surface area contributed by atoms with E-state index < -0.39 is 0 Å². The van der Waals surface area contributed by atoms with E-state index in [1.165, 1.54) is 18.4 Å². The molecule has 1 N–H and O–H groups in total. The van der Waals surface area contributed by atoms with E-state index in [4.69, 9.17) is 0 Å². The number of piperidine rings is 1. The van der Waals surface area contributed by atoms with Crippen molar-refractivity contribution in [3.05, 3.63) is 48.2 Å². The number of benzene rings is 1. The first kappa shape index (κ1) is 13.9. The summed E-state index contributed by atoms with van der Waals surface area (Å²) in [6.07, 6.45) is 4.33. The van der Waals surface area contributed by atoms with Crippen LogP contribution in [0.5, 0.6) is 0 Å². The molecule has 4 heteroatoms. The summed E-state index contributed by atoms with van der Waals surface area (Å²) in [5.74, 6) is 2.57. The van der Waals surface area contributed by atoms with Gasteiger partial charge in [0.05, 0.1) is 0 Å². The molecular weight excluding hydrogens is 260 g/mol. The lowest BCUT2D eigenvalue weighted by atomic mass is 9.99. The number of anilines is 2. The molecule has 0 spiro atoms. The van der Waals surface area contributed by atoms with E-state index in [1.54, 1.807) is 0 Å². The summed E-state index contributed by atoms with van der Waals surface area (Å²) >= 11 is 0. The molecule has 0 radical (unpaired) electrons. The Labute approximate surface area is 126 Å². The summed E-state index contributed by atoms with van der Waals surface area (Å²) in [5, 5.41) is 3.30. The normalized spacial score (nSPS) is 16.0. The minimum absolute atomic E-state index is 0.704. The topological polar surface area (TPSA) is 41.1 Å². The SMILES string of the molecule is CC1CCN(c2ccnc(NCc3ccccc3)n2)CC1. The molecule has 3 rings (SSSR count). The molecule has 2 aromatic rings. The number of hydrogen-bond donors (Lipinski definition) is 1. The molecule has 0 bridgehead atoms. The maximum Gasteiger partial charge on any atom is 0.224 e. The monoisotopic (exact) mass is 282 g/mol. The van der Waals surface area contributed by atoms with Crippen molar-refractivity contribution in [3.63, 3.8) is 0 Å². The molecule has 1 aliphatic rings. The molecule has 2 heterocycles. The summed E-state index contributed by atoms with van der Waals surface area (Å²) < 4.78 is 0. The molecule has 0 unspecified atom stereocenters. The Balaban J connectivity index is 1.63. The average Bonchev–Trinajstić information content (AvgIpc) is 2.55. The molecule has 1 fully saturated rings. The molecule has 0 amide bonds. The second-order valence-corrected chi connectivity index (χ2v) is 5.75. The van der Waals surface area contributed by atoms with Crippen LogP contribution in [0.3, 0.4) is 0 Å². The maximum atomic E-state index is 4.64. The molecule has 1 aromatic carbocycles. The molecule has 4 nitrogen and oxygen atoms in total. The summed E-state index contributed by atoms with van der Waals surface area (Å²) in [6, 6.07) is 12.3. The van der Waals surface area contributed by atoms with E-state index in [-0.39, 0.29) is 0 Å². The Kier molecular flexibility index (Phi) is 4.34. The zero-order valence-electron chi connectivity index (χ0n) is 12.5. The van der Waals surface area contributed by atoms with Gasteiger partial charge < -0.3 is 10.2 Å². The van der Waals surface area contributed by atoms with Gasteiger partial charge in [-0.2, -0.15) is 4.98 Å². The van der Waals surface area contributed by atoms with Gasteiger partial charge in [-0.1, -0.05) is 37.3 Å². The van der Waals surface area contributed by atoms with Crippen LogP contribution < -0.4 is 10.2 Å². The van der Waals surface area contributed by atoms with Crippen LogP contribution in [0.2, 0.25) is 0 Å². The highest BCUT2D eigenvalue weighted by Crippen LogP contribution is 2.21. The van der Waals surface area contributed by atoms with Crippen LogP contribution in [0, 0.1) is 5.92 Å². The predicted octanol–water partition coefficient (Wildman–Crippen LogP) is 3.33. The third kappa shape index (κ3) is 3.72. The first-order chi connectivity index (χ1) is 10.3. The van der Waals surface area contributed by atoms with Crippen LogP contribution >= 0.6 is 0 Å². The second kappa shape index (κ2) is 6.57. The molecule has 1 aliphatic heterocycles. The number of nitrogens with one attached hydrogen (secondary N) is 1. The maximum absolute atomic E-state index is 4.64. The van der Waals surface area contributed by atoms with Gasteiger partial charge >= 0.3 is 0 Å². The first-order valence-corrected chi connectivity index (χ1v) is 7.67. The number of aromatic nitrogens is 2. The van der Waals surface area contributed by atoms with Gasteiger partial charge in [0.2, 0.25) is 5.95 Å². The Morgan fingerprint density at radius 3 is 2.67 bits per heavy atom. The molecule has 21 heavy (non-hydrogen) atoms. The van der Waals surface area contributed by atoms with E-state index in [2.05, 4.69) is 39.2 Å². The number of nitrogens with zero attached hydrogens (tertiary/aromatic N) is 3. The molecule has 1 saturated heterocycles. The van der Waals surface area contributed by atoms with Crippen molar-refractivity contribution in [3.8, 4) is 0 Å². The van der Waals surface area contributed by atoms with Crippen LogP contribution in [-0.4, -0.2) is 23.1 Å². The molecule has 0 saturated carbocycles. The van der Waals surface area contributed by atoms with Crippen LogP contribution in [0.1, 0.15) is 25.3 Å². The summed E-state index contributed by atoms with van der Waals surface area (Å²) in [4.78, 5) is 11.3. The van der Waals surface area contributed by atoms with Crippen LogP contribution in [-0.2, 0) is 6.54 Å². The highest BCUT2D eigenvalue weighted by Gasteiger charge is 2.17. The third-order valence-electron chi connectivity index (χ3n) is 4.04. The highest BCUT2D eigenvalue weighted by atomic mass is 15.2. The van der Waals surface area contributed by atoms with Crippen molar-refractivity contribution in [2.45, 2.75) is 26.3 Å². The lowest BCUT2D eigenvalue weighted by molar-refractivity contribution is 0.436. The largest absolute Gasteiger partial charge is 0.356 e. The van der Waals surface area contributed by atoms with Crippen LogP contribution in [0.15, 0.2) is 42.6 Å². The van der Waals surface area contributed by atoms with Crippen molar-refractivity contribution in [1.82, 2.24) is 9.97 Å². The van der Waals surface area contributed by atoms with E-state index in [0.717, 1.165) is 31.4 Å². The summed E-state index contributed by atoms with van der Waals surface area (Å²) in [5.41, 5.74) is 1.23. The van der Waals surface area contributed by atoms with E-state index in [9.17, 15) is 0 Å². The minimum atomic E-state index is 0.704. The van der Waals surface area contributed by atoms with Gasteiger partial charge in [-0.3, -0.25) is 0 Å². The zero-order valence-corrected chi connectivity index (χ0v) is 12.5. The molecule has 1 aromatic heterocycles. The van der Waals surface area contributed by atoms with Crippen LogP contribution in [0.25, 0.3) is 0 Å². The molecule has 110 valence electrons. The molecule has 0 aliphatic carbocycles. The van der Waals surface area contributed by atoms with Crippen molar-refractivity contribution in [1.29, 1.82) is 0 Å². The van der Waals surface area contributed by atoms with Gasteiger partial charge in [-0.15, -0.1) is 0 Å². The smallest absolute Gasteiger partial charge is 0.224 e. The van der Waals surface area contributed by atoms with Gasteiger partial charge in [-0.05, 0) is 30.4 Å². The van der Waals surface area contributed by atoms with Gasteiger partial charge in [-0.25, -0.2) is 4.98 Å². The fraction of sp³-hybridized carbons (Fsp3) is 0.412. The predicted molar refractivity (Wildman–Crippen MR) is 86.4 cm³/mol. The van der Waals surface area contributed by atoms with E-state index in [0.29, 0.717) is 5.95 Å². The van der Waals surface area contributed by atoms with Crippen LogP contribution in [0.4, 0.5) is 11.8 Å².